The van der Waals surface area contributed by atoms with Gasteiger partial charge in [0.1, 0.15) is 0 Å². The first-order valence-electron chi connectivity index (χ1n) is 5.67. The molecule has 17 heavy (non-hydrogen) atoms. The third-order valence-corrected chi connectivity index (χ3v) is 4.58. The molecule has 0 radical (unpaired) electrons. The van der Waals surface area contributed by atoms with Gasteiger partial charge >= 0.3 is 0 Å². The quantitative estimate of drug-likeness (QED) is 0.777. The van der Waals surface area contributed by atoms with Crippen molar-refractivity contribution in [3.63, 3.8) is 0 Å². The number of unbranched alkanes of at least 4 members (excludes halogenated alkanes) is 1. The molecule has 0 atom stereocenters. The molecule has 0 heterocycles. The standard InChI is InChI=1S/C12H19NO2S2/c1-3-4-9-17(14,15)13-10-11-5-7-12(16-2)8-6-11/h5-8,13H,3-4,9-10H2,1-2H3. The topological polar surface area (TPSA) is 46.2 Å². The molecule has 0 saturated carbocycles. The fourth-order valence-corrected chi connectivity index (χ4v) is 2.95. The van der Waals surface area contributed by atoms with Crippen LogP contribution in [0.1, 0.15) is 25.3 Å². The van der Waals surface area contributed by atoms with Gasteiger partial charge in [-0.3, -0.25) is 0 Å². The summed E-state index contributed by atoms with van der Waals surface area (Å²) in [6.45, 7) is 2.36. The molecule has 1 N–H and O–H groups in total. The summed E-state index contributed by atoms with van der Waals surface area (Å²) in [5.41, 5.74) is 0.989. The van der Waals surface area contributed by atoms with E-state index in [1.165, 1.54) is 4.90 Å². The molecule has 96 valence electrons. The minimum atomic E-state index is -3.11. The summed E-state index contributed by atoms with van der Waals surface area (Å²) in [7, 11) is -3.11. The Balaban J connectivity index is 2.49. The summed E-state index contributed by atoms with van der Waals surface area (Å²) in [5, 5.41) is 0. The maximum atomic E-state index is 11.6. The van der Waals surface area contributed by atoms with Gasteiger partial charge in [-0.15, -0.1) is 11.8 Å². The van der Waals surface area contributed by atoms with E-state index in [9.17, 15) is 8.42 Å². The predicted octanol–water partition coefficient (Wildman–Crippen LogP) is 2.63. The fourth-order valence-electron chi connectivity index (χ4n) is 1.34. The van der Waals surface area contributed by atoms with Crippen molar-refractivity contribution in [2.24, 2.45) is 0 Å². The van der Waals surface area contributed by atoms with Gasteiger partial charge in [0.05, 0.1) is 5.75 Å². The van der Waals surface area contributed by atoms with E-state index >= 15 is 0 Å². The van der Waals surface area contributed by atoms with Crippen LogP contribution in [0.3, 0.4) is 0 Å². The van der Waals surface area contributed by atoms with Crippen LogP contribution in [0.15, 0.2) is 29.2 Å². The third-order valence-electron chi connectivity index (χ3n) is 2.42. The zero-order valence-corrected chi connectivity index (χ0v) is 11.9. The van der Waals surface area contributed by atoms with Crippen molar-refractivity contribution in [1.29, 1.82) is 0 Å². The lowest BCUT2D eigenvalue weighted by Gasteiger charge is -2.06. The Morgan fingerprint density at radius 2 is 1.88 bits per heavy atom. The SMILES string of the molecule is CCCCS(=O)(=O)NCc1ccc(SC)cc1. The highest BCUT2D eigenvalue weighted by atomic mass is 32.2. The molecule has 1 aromatic rings. The van der Waals surface area contributed by atoms with Gasteiger partial charge in [0, 0.05) is 11.4 Å². The summed E-state index contributed by atoms with van der Waals surface area (Å²) >= 11 is 1.67. The van der Waals surface area contributed by atoms with E-state index in [2.05, 4.69) is 4.72 Å². The molecule has 0 aliphatic carbocycles. The predicted molar refractivity (Wildman–Crippen MR) is 73.8 cm³/mol. The van der Waals surface area contributed by atoms with E-state index in [1.807, 2.05) is 37.4 Å². The van der Waals surface area contributed by atoms with E-state index in [0.29, 0.717) is 13.0 Å². The Hall–Kier alpha value is -0.520. The molecular weight excluding hydrogens is 254 g/mol. The van der Waals surface area contributed by atoms with Crippen molar-refractivity contribution in [2.75, 3.05) is 12.0 Å². The monoisotopic (exact) mass is 273 g/mol. The van der Waals surface area contributed by atoms with E-state index in [4.69, 9.17) is 0 Å². The van der Waals surface area contributed by atoms with E-state index < -0.39 is 10.0 Å². The van der Waals surface area contributed by atoms with Crippen molar-refractivity contribution in [3.05, 3.63) is 29.8 Å². The number of hydrogen-bond acceptors (Lipinski definition) is 3. The van der Waals surface area contributed by atoms with Crippen LogP contribution < -0.4 is 4.72 Å². The summed E-state index contributed by atoms with van der Waals surface area (Å²) in [4.78, 5) is 1.18. The Labute approximate surface area is 108 Å². The van der Waals surface area contributed by atoms with Crippen molar-refractivity contribution in [3.8, 4) is 0 Å². The second-order valence-electron chi connectivity index (χ2n) is 3.84. The number of sulfonamides is 1. The van der Waals surface area contributed by atoms with Gasteiger partial charge in [-0.25, -0.2) is 13.1 Å². The molecular formula is C12H19NO2S2. The van der Waals surface area contributed by atoms with Gasteiger partial charge in [0.15, 0.2) is 0 Å². The summed E-state index contributed by atoms with van der Waals surface area (Å²) in [6.07, 6.45) is 3.62. The average Bonchev–Trinajstić information content (AvgIpc) is 2.35. The average molecular weight is 273 g/mol. The van der Waals surface area contributed by atoms with Crippen LogP contribution >= 0.6 is 11.8 Å². The number of benzene rings is 1. The van der Waals surface area contributed by atoms with E-state index in [0.717, 1.165) is 12.0 Å². The van der Waals surface area contributed by atoms with Gasteiger partial charge in [-0.05, 0) is 30.4 Å². The Morgan fingerprint density at radius 3 is 2.41 bits per heavy atom. The van der Waals surface area contributed by atoms with Gasteiger partial charge < -0.3 is 0 Å². The van der Waals surface area contributed by atoms with Crippen molar-refractivity contribution < 1.29 is 8.42 Å². The number of nitrogens with one attached hydrogen (secondary N) is 1. The van der Waals surface area contributed by atoms with Crippen LogP contribution in [-0.4, -0.2) is 20.4 Å². The van der Waals surface area contributed by atoms with E-state index in [1.54, 1.807) is 11.8 Å². The van der Waals surface area contributed by atoms with Crippen LogP contribution in [0.5, 0.6) is 0 Å². The highest BCUT2D eigenvalue weighted by molar-refractivity contribution is 7.98. The smallest absolute Gasteiger partial charge is 0.211 e. The molecule has 0 spiro atoms. The first-order chi connectivity index (χ1) is 8.07. The number of thioether (sulfide) groups is 1. The number of hydrogen-bond donors (Lipinski definition) is 1. The van der Waals surface area contributed by atoms with Gasteiger partial charge in [-0.2, -0.15) is 0 Å². The molecule has 0 saturated heterocycles. The van der Waals surface area contributed by atoms with Crippen molar-refractivity contribution in [1.82, 2.24) is 4.72 Å². The normalized spacial score (nSPS) is 11.6. The zero-order valence-electron chi connectivity index (χ0n) is 10.3. The first kappa shape index (κ1) is 14.5. The lowest BCUT2D eigenvalue weighted by atomic mass is 10.2. The lowest BCUT2D eigenvalue weighted by molar-refractivity contribution is 0.578. The second-order valence-corrected chi connectivity index (χ2v) is 6.65. The molecule has 0 aliphatic heterocycles. The van der Waals surface area contributed by atoms with Crippen LogP contribution in [0, 0.1) is 0 Å². The minimum absolute atomic E-state index is 0.215. The molecule has 0 aliphatic rings. The molecule has 0 unspecified atom stereocenters. The summed E-state index contributed by atoms with van der Waals surface area (Å²) in [6, 6.07) is 7.91. The highest BCUT2D eigenvalue weighted by Gasteiger charge is 2.08. The zero-order chi connectivity index (χ0) is 12.7. The van der Waals surface area contributed by atoms with Gasteiger partial charge in [-0.1, -0.05) is 25.5 Å². The third kappa shape index (κ3) is 5.57. The minimum Gasteiger partial charge on any atom is -0.212 e. The highest BCUT2D eigenvalue weighted by Crippen LogP contribution is 2.14. The molecule has 1 aromatic carbocycles. The molecule has 5 heteroatoms. The van der Waals surface area contributed by atoms with Crippen LogP contribution in [0.25, 0.3) is 0 Å². The summed E-state index contributed by atoms with van der Waals surface area (Å²) in [5.74, 6) is 0.215. The Kier molecular flexibility index (Phi) is 6.02. The molecule has 1 rings (SSSR count). The van der Waals surface area contributed by atoms with Gasteiger partial charge in [0.25, 0.3) is 0 Å². The van der Waals surface area contributed by atoms with Crippen LogP contribution in [0.2, 0.25) is 0 Å². The molecule has 0 amide bonds. The first-order valence-corrected chi connectivity index (χ1v) is 8.55. The lowest BCUT2D eigenvalue weighted by Crippen LogP contribution is -2.25. The second kappa shape index (κ2) is 7.03. The number of rotatable bonds is 7. The Morgan fingerprint density at radius 1 is 1.24 bits per heavy atom. The maximum absolute atomic E-state index is 11.6. The van der Waals surface area contributed by atoms with Gasteiger partial charge in [0.2, 0.25) is 10.0 Å². The summed E-state index contributed by atoms with van der Waals surface area (Å²) < 4.78 is 25.8. The van der Waals surface area contributed by atoms with Crippen molar-refractivity contribution >= 4 is 21.8 Å². The van der Waals surface area contributed by atoms with Crippen molar-refractivity contribution in [2.45, 2.75) is 31.2 Å². The van der Waals surface area contributed by atoms with E-state index in [-0.39, 0.29) is 5.75 Å². The molecule has 0 bridgehead atoms. The largest absolute Gasteiger partial charge is 0.212 e. The molecule has 3 nitrogen and oxygen atoms in total. The Bertz CT molecular complexity index is 426. The maximum Gasteiger partial charge on any atom is 0.211 e. The fraction of sp³-hybridized carbons (Fsp3) is 0.500. The molecule has 0 fully saturated rings. The molecule has 0 aromatic heterocycles. The van der Waals surface area contributed by atoms with Crippen LogP contribution in [0.4, 0.5) is 0 Å². The van der Waals surface area contributed by atoms with Crippen LogP contribution in [-0.2, 0) is 16.6 Å².